The lowest BCUT2D eigenvalue weighted by atomic mass is 9.93. The molecule has 0 bridgehead atoms. The summed E-state index contributed by atoms with van der Waals surface area (Å²) in [4.78, 5) is 24.0. The zero-order valence-electron chi connectivity index (χ0n) is 17.5. The highest BCUT2D eigenvalue weighted by molar-refractivity contribution is 7.91. The van der Waals surface area contributed by atoms with E-state index in [1.54, 1.807) is 37.3 Å². The van der Waals surface area contributed by atoms with Gasteiger partial charge in [-0.15, -0.1) is 11.3 Å². The maximum atomic E-state index is 13.1. The van der Waals surface area contributed by atoms with Crippen molar-refractivity contribution in [2.24, 2.45) is 0 Å². The van der Waals surface area contributed by atoms with E-state index in [0.29, 0.717) is 10.6 Å². The fraction of sp³-hybridized carbons (Fsp3) is 0.217. The van der Waals surface area contributed by atoms with Crippen LogP contribution in [0.3, 0.4) is 0 Å². The van der Waals surface area contributed by atoms with E-state index in [9.17, 15) is 23.1 Å². The number of carbonyl (C=O) groups is 2. The Balaban J connectivity index is 1.59. The van der Waals surface area contributed by atoms with Crippen LogP contribution in [-0.2, 0) is 25.0 Å². The number of amides is 1. The molecule has 1 heterocycles. The molecule has 7 nitrogen and oxygen atoms in total. The Bertz CT molecular complexity index is 1290. The molecule has 1 aliphatic carbocycles. The van der Waals surface area contributed by atoms with Crippen LogP contribution in [0.25, 0.3) is 10.4 Å². The second-order valence-corrected chi connectivity index (χ2v) is 11.1. The molecule has 2 aromatic carbocycles. The molecule has 32 heavy (non-hydrogen) atoms. The topological polar surface area (TPSA) is 113 Å². The van der Waals surface area contributed by atoms with Gasteiger partial charge in [-0.3, -0.25) is 9.59 Å². The molecule has 0 aliphatic heterocycles. The molecule has 0 unspecified atom stereocenters. The monoisotopic (exact) mass is 470 g/mol. The number of benzene rings is 2. The summed E-state index contributed by atoms with van der Waals surface area (Å²) in [5, 5.41) is 12.6. The first kappa shape index (κ1) is 22.2. The van der Waals surface area contributed by atoms with Crippen LogP contribution in [0.15, 0.2) is 70.9 Å². The van der Waals surface area contributed by atoms with Gasteiger partial charge in [0.2, 0.25) is 5.91 Å². The van der Waals surface area contributed by atoms with Gasteiger partial charge in [-0.25, -0.2) is 8.42 Å². The molecule has 3 N–H and O–H groups in total. The predicted octanol–water partition coefficient (Wildman–Crippen LogP) is 3.84. The Morgan fingerprint density at radius 3 is 2.25 bits per heavy atom. The normalized spacial score (nSPS) is 22.3. The second kappa shape index (κ2) is 7.84. The van der Waals surface area contributed by atoms with Crippen molar-refractivity contribution in [3.63, 3.8) is 0 Å². The van der Waals surface area contributed by atoms with E-state index in [0.717, 1.165) is 22.5 Å². The number of carboxylic acid groups (broad SMARTS) is 1. The van der Waals surface area contributed by atoms with E-state index in [1.807, 2.05) is 30.3 Å². The van der Waals surface area contributed by atoms with Gasteiger partial charge in [-0.05, 0) is 41.8 Å². The molecule has 1 aromatic heterocycles. The number of nitrogens with one attached hydrogen (secondary N) is 2. The summed E-state index contributed by atoms with van der Waals surface area (Å²) < 4.78 is 28.8. The Hall–Kier alpha value is -3.01. The Labute approximate surface area is 190 Å². The SMILES string of the molecule is CC(=O)Nc1ccc(-c2ccc(S(=O)(=O)N[C@@]3(C(=O)O)C[C@]3(C)c3ccccc3)s2)cc1. The molecule has 0 radical (unpaired) electrons. The van der Waals surface area contributed by atoms with E-state index < -0.39 is 26.9 Å². The quantitative estimate of drug-likeness (QED) is 0.486. The average molecular weight is 471 g/mol. The van der Waals surface area contributed by atoms with Gasteiger partial charge in [0, 0.05) is 22.9 Å². The summed E-state index contributed by atoms with van der Waals surface area (Å²) in [6.07, 6.45) is 0.168. The third-order valence-electron chi connectivity index (χ3n) is 5.86. The number of hydrogen-bond donors (Lipinski definition) is 3. The van der Waals surface area contributed by atoms with Crippen molar-refractivity contribution in [3.05, 3.63) is 72.3 Å². The standard InChI is InChI=1S/C23H22N2O5S2/c1-15(26)24-18-10-8-16(9-11-18)19-12-13-20(31-19)32(29,30)25-23(21(27)28)14-22(23,2)17-6-4-3-5-7-17/h3-13,25H,14H2,1-2H3,(H,24,26)(H,27,28)/t22-,23-/m1/s1. The highest BCUT2D eigenvalue weighted by Gasteiger charge is 2.72. The number of carbonyl (C=O) groups excluding carboxylic acids is 1. The van der Waals surface area contributed by atoms with Crippen LogP contribution in [0.5, 0.6) is 0 Å². The molecule has 1 amide bonds. The van der Waals surface area contributed by atoms with Crippen LogP contribution in [0, 0.1) is 0 Å². The largest absolute Gasteiger partial charge is 0.480 e. The average Bonchev–Trinajstić information content (AvgIpc) is 3.11. The zero-order valence-corrected chi connectivity index (χ0v) is 19.1. The summed E-state index contributed by atoms with van der Waals surface area (Å²) in [6, 6.07) is 19.3. The molecule has 3 aromatic rings. The third-order valence-corrected chi connectivity index (χ3v) is 8.98. The van der Waals surface area contributed by atoms with E-state index in [1.165, 1.54) is 13.0 Å². The van der Waals surface area contributed by atoms with Crippen molar-refractivity contribution >= 4 is 38.9 Å². The molecular formula is C23H22N2O5S2. The van der Waals surface area contributed by atoms with Crippen molar-refractivity contribution in [1.29, 1.82) is 0 Å². The Morgan fingerprint density at radius 2 is 1.66 bits per heavy atom. The van der Waals surface area contributed by atoms with Gasteiger partial charge in [-0.1, -0.05) is 49.4 Å². The molecule has 2 atom stereocenters. The van der Waals surface area contributed by atoms with Crippen LogP contribution < -0.4 is 10.0 Å². The lowest BCUT2D eigenvalue weighted by Crippen LogP contribution is -2.47. The van der Waals surface area contributed by atoms with Crippen LogP contribution in [0.2, 0.25) is 0 Å². The number of carboxylic acids is 1. The lowest BCUT2D eigenvalue weighted by molar-refractivity contribution is -0.140. The van der Waals surface area contributed by atoms with E-state index in [2.05, 4.69) is 10.0 Å². The maximum Gasteiger partial charge on any atom is 0.325 e. The minimum atomic E-state index is -4.06. The highest BCUT2D eigenvalue weighted by Crippen LogP contribution is 2.58. The van der Waals surface area contributed by atoms with Crippen LogP contribution in [0.1, 0.15) is 25.8 Å². The first-order valence-electron chi connectivity index (χ1n) is 9.88. The predicted molar refractivity (Wildman–Crippen MR) is 123 cm³/mol. The van der Waals surface area contributed by atoms with Gasteiger partial charge in [0.15, 0.2) is 0 Å². The summed E-state index contributed by atoms with van der Waals surface area (Å²) >= 11 is 1.06. The summed E-state index contributed by atoms with van der Waals surface area (Å²) in [5.41, 5.74) is -0.232. The van der Waals surface area contributed by atoms with Crippen molar-refractivity contribution in [1.82, 2.24) is 4.72 Å². The number of sulfonamides is 1. The number of anilines is 1. The Morgan fingerprint density at radius 1 is 1.00 bits per heavy atom. The first-order chi connectivity index (χ1) is 15.1. The van der Waals surface area contributed by atoms with Gasteiger partial charge in [0.05, 0.1) is 0 Å². The summed E-state index contributed by atoms with van der Waals surface area (Å²) in [6.45, 7) is 3.18. The maximum absolute atomic E-state index is 13.1. The van der Waals surface area contributed by atoms with Crippen LogP contribution in [-0.4, -0.2) is 30.9 Å². The number of rotatable bonds is 7. The lowest BCUT2D eigenvalue weighted by Gasteiger charge is -2.20. The molecule has 1 fully saturated rings. The van der Waals surface area contributed by atoms with Crippen LogP contribution >= 0.6 is 11.3 Å². The Kier molecular flexibility index (Phi) is 5.44. The van der Waals surface area contributed by atoms with E-state index >= 15 is 0 Å². The number of thiophene rings is 1. The van der Waals surface area contributed by atoms with Gasteiger partial charge in [0.25, 0.3) is 10.0 Å². The third kappa shape index (κ3) is 3.83. The van der Waals surface area contributed by atoms with Gasteiger partial charge >= 0.3 is 5.97 Å². The van der Waals surface area contributed by atoms with Crippen molar-refractivity contribution in [3.8, 4) is 10.4 Å². The molecule has 1 aliphatic rings. The van der Waals surface area contributed by atoms with Crippen molar-refractivity contribution < 1.29 is 23.1 Å². The molecular weight excluding hydrogens is 448 g/mol. The zero-order chi connectivity index (χ0) is 23.1. The summed E-state index contributed by atoms with van der Waals surface area (Å²) in [5.74, 6) is -1.37. The van der Waals surface area contributed by atoms with Crippen molar-refractivity contribution in [2.45, 2.75) is 35.4 Å². The minimum absolute atomic E-state index is 0.0429. The van der Waals surface area contributed by atoms with Crippen molar-refractivity contribution in [2.75, 3.05) is 5.32 Å². The molecule has 9 heteroatoms. The molecule has 1 saturated carbocycles. The minimum Gasteiger partial charge on any atom is -0.480 e. The van der Waals surface area contributed by atoms with Gasteiger partial charge < -0.3 is 10.4 Å². The molecule has 4 rings (SSSR count). The number of aliphatic carboxylic acids is 1. The van der Waals surface area contributed by atoms with Crippen LogP contribution in [0.4, 0.5) is 5.69 Å². The smallest absolute Gasteiger partial charge is 0.325 e. The van der Waals surface area contributed by atoms with Gasteiger partial charge in [0.1, 0.15) is 9.75 Å². The molecule has 166 valence electrons. The van der Waals surface area contributed by atoms with E-state index in [-0.39, 0.29) is 16.5 Å². The molecule has 0 saturated heterocycles. The molecule has 0 spiro atoms. The fourth-order valence-electron chi connectivity index (χ4n) is 3.97. The fourth-order valence-corrected chi connectivity index (χ4v) is 6.73. The first-order valence-corrected chi connectivity index (χ1v) is 12.2. The van der Waals surface area contributed by atoms with E-state index in [4.69, 9.17) is 0 Å². The summed E-state index contributed by atoms with van der Waals surface area (Å²) in [7, 11) is -4.06. The number of hydrogen-bond acceptors (Lipinski definition) is 5. The van der Waals surface area contributed by atoms with Gasteiger partial charge in [-0.2, -0.15) is 4.72 Å². The highest BCUT2D eigenvalue weighted by atomic mass is 32.2. The second-order valence-electron chi connectivity index (χ2n) is 8.07.